The number of benzene rings is 1. The van der Waals surface area contributed by atoms with Gasteiger partial charge in [-0.05, 0) is 61.1 Å². The molecule has 1 aromatic carbocycles. The van der Waals surface area contributed by atoms with Crippen LogP contribution in [0.1, 0.15) is 45.1 Å². The van der Waals surface area contributed by atoms with E-state index in [1.807, 2.05) is 0 Å². The van der Waals surface area contributed by atoms with Crippen molar-refractivity contribution in [2.75, 3.05) is 0 Å². The zero-order valence-electron chi connectivity index (χ0n) is 12.3. The summed E-state index contributed by atoms with van der Waals surface area (Å²) in [5.74, 6) is 4.58. The molecule has 0 spiro atoms. The molecule has 1 aliphatic rings. The second kappa shape index (κ2) is 6.19. The third-order valence-electron chi connectivity index (χ3n) is 4.61. The topological polar surface area (TPSA) is 38.0 Å². The molecule has 0 heterocycles. The van der Waals surface area contributed by atoms with Gasteiger partial charge in [-0.3, -0.25) is 11.3 Å². The van der Waals surface area contributed by atoms with Crippen molar-refractivity contribution in [1.29, 1.82) is 0 Å². The lowest BCUT2D eigenvalue weighted by Crippen LogP contribution is -2.44. The minimum atomic E-state index is -0.801. The third kappa shape index (κ3) is 3.76. The van der Waals surface area contributed by atoms with Crippen molar-refractivity contribution >= 4 is 0 Å². The van der Waals surface area contributed by atoms with Gasteiger partial charge in [-0.2, -0.15) is 0 Å². The van der Waals surface area contributed by atoms with E-state index in [0.717, 1.165) is 18.4 Å². The van der Waals surface area contributed by atoms with Crippen molar-refractivity contribution < 1.29 is 8.78 Å². The maximum atomic E-state index is 13.3. The van der Waals surface area contributed by atoms with Crippen LogP contribution in [-0.4, -0.2) is 6.04 Å². The predicted molar refractivity (Wildman–Crippen MR) is 76.9 cm³/mol. The highest BCUT2D eigenvalue weighted by atomic mass is 19.2. The van der Waals surface area contributed by atoms with Crippen LogP contribution in [0.2, 0.25) is 0 Å². The summed E-state index contributed by atoms with van der Waals surface area (Å²) in [7, 11) is 0. The number of rotatable bonds is 4. The van der Waals surface area contributed by atoms with Gasteiger partial charge >= 0.3 is 0 Å². The van der Waals surface area contributed by atoms with Gasteiger partial charge in [0.1, 0.15) is 0 Å². The van der Waals surface area contributed by atoms with Gasteiger partial charge in [0.2, 0.25) is 0 Å². The molecule has 4 heteroatoms. The Labute approximate surface area is 119 Å². The highest BCUT2D eigenvalue weighted by Gasteiger charge is 2.31. The molecule has 0 saturated heterocycles. The van der Waals surface area contributed by atoms with Crippen molar-refractivity contribution in [1.82, 2.24) is 5.43 Å². The average molecular weight is 282 g/mol. The largest absolute Gasteiger partial charge is 0.271 e. The first-order valence-corrected chi connectivity index (χ1v) is 7.31. The normalized spacial score (nSPS) is 20.9. The number of nitrogens with one attached hydrogen (secondary N) is 1. The van der Waals surface area contributed by atoms with Crippen LogP contribution in [0.15, 0.2) is 18.2 Å². The monoisotopic (exact) mass is 282 g/mol. The summed E-state index contributed by atoms with van der Waals surface area (Å²) in [5.41, 5.74) is 4.07. The highest BCUT2D eigenvalue weighted by molar-refractivity contribution is 5.19. The number of hydrazine groups is 1. The summed E-state index contributed by atoms with van der Waals surface area (Å²) in [6.45, 7) is 4.59. The Bertz CT molecular complexity index is 450. The molecule has 112 valence electrons. The van der Waals surface area contributed by atoms with E-state index in [-0.39, 0.29) is 6.04 Å². The zero-order chi connectivity index (χ0) is 14.8. The van der Waals surface area contributed by atoms with Gasteiger partial charge in [-0.25, -0.2) is 8.78 Å². The van der Waals surface area contributed by atoms with Crippen molar-refractivity contribution in [3.05, 3.63) is 35.4 Å². The fraction of sp³-hybridized carbons (Fsp3) is 0.625. The van der Waals surface area contributed by atoms with Crippen LogP contribution in [0.4, 0.5) is 8.78 Å². The lowest BCUT2D eigenvalue weighted by Gasteiger charge is -2.37. The molecular weight excluding hydrogens is 258 g/mol. The molecule has 1 atom stereocenters. The van der Waals surface area contributed by atoms with Crippen molar-refractivity contribution in [3.63, 3.8) is 0 Å². The minimum absolute atomic E-state index is 0.121. The van der Waals surface area contributed by atoms with Gasteiger partial charge in [0, 0.05) is 6.04 Å². The molecule has 0 aliphatic heterocycles. The fourth-order valence-electron chi connectivity index (χ4n) is 3.11. The van der Waals surface area contributed by atoms with E-state index in [4.69, 9.17) is 5.84 Å². The van der Waals surface area contributed by atoms with Gasteiger partial charge in [0.15, 0.2) is 11.6 Å². The van der Waals surface area contributed by atoms with Gasteiger partial charge in [0.05, 0.1) is 0 Å². The molecule has 1 unspecified atom stereocenters. The number of hydrogen-bond acceptors (Lipinski definition) is 2. The van der Waals surface area contributed by atoms with E-state index < -0.39 is 11.6 Å². The predicted octanol–water partition coefficient (Wildman–Crippen LogP) is 3.56. The van der Waals surface area contributed by atoms with Crippen molar-refractivity contribution in [3.8, 4) is 0 Å². The van der Waals surface area contributed by atoms with Crippen LogP contribution >= 0.6 is 0 Å². The maximum absolute atomic E-state index is 13.3. The SMILES string of the molecule is CC1(C)CCC(C(Cc2ccc(F)c(F)c2)NN)CC1. The van der Waals surface area contributed by atoms with E-state index >= 15 is 0 Å². The molecule has 3 N–H and O–H groups in total. The van der Waals surface area contributed by atoms with Crippen molar-refractivity contribution in [2.45, 2.75) is 52.0 Å². The highest BCUT2D eigenvalue weighted by Crippen LogP contribution is 2.39. The summed E-state index contributed by atoms with van der Waals surface area (Å²) >= 11 is 0. The Morgan fingerprint density at radius 1 is 1.25 bits per heavy atom. The molecule has 0 radical (unpaired) electrons. The molecule has 0 aromatic heterocycles. The molecule has 0 amide bonds. The van der Waals surface area contributed by atoms with Crippen LogP contribution in [0.3, 0.4) is 0 Å². The Balaban J connectivity index is 2.00. The van der Waals surface area contributed by atoms with Gasteiger partial charge in [-0.15, -0.1) is 0 Å². The maximum Gasteiger partial charge on any atom is 0.159 e. The molecule has 2 rings (SSSR count). The summed E-state index contributed by atoms with van der Waals surface area (Å²) in [5, 5.41) is 0. The van der Waals surface area contributed by atoms with E-state index in [9.17, 15) is 8.78 Å². The molecule has 0 bridgehead atoms. The van der Waals surface area contributed by atoms with Crippen LogP contribution < -0.4 is 11.3 Å². The molecular formula is C16H24F2N2. The first-order chi connectivity index (χ1) is 9.41. The molecule has 2 nitrogen and oxygen atoms in total. The van der Waals surface area contributed by atoms with Crippen molar-refractivity contribution in [2.24, 2.45) is 17.2 Å². The second-order valence-electron chi connectivity index (χ2n) is 6.73. The summed E-state index contributed by atoms with van der Waals surface area (Å²) in [6.07, 6.45) is 5.27. The molecule has 1 aromatic rings. The standard InChI is InChI=1S/C16H24F2N2/c1-16(2)7-5-12(6-8-16)15(20-19)10-11-3-4-13(17)14(18)9-11/h3-4,9,12,15,20H,5-8,10,19H2,1-2H3. The van der Waals surface area contributed by atoms with Crippen LogP contribution in [0.25, 0.3) is 0 Å². The Morgan fingerprint density at radius 2 is 1.90 bits per heavy atom. The van der Waals surface area contributed by atoms with Crippen LogP contribution in [-0.2, 0) is 6.42 Å². The molecule has 1 saturated carbocycles. The lowest BCUT2D eigenvalue weighted by molar-refractivity contribution is 0.161. The second-order valence-corrected chi connectivity index (χ2v) is 6.73. The number of nitrogens with two attached hydrogens (primary N) is 1. The van der Waals surface area contributed by atoms with E-state index in [0.29, 0.717) is 17.8 Å². The smallest absolute Gasteiger partial charge is 0.159 e. The van der Waals surface area contributed by atoms with Gasteiger partial charge in [-0.1, -0.05) is 19.9 Å². The minimum Gasteiger partial charge on any atom is -0.271 e. The quantitative estimate of drug-likeness (QED) is 0.654. The fourth-order valence-corrected chi connectivity index (χ4v) is 3.11. The number of hydrogen-bond donors (Lipinski definition) is 2. The molecule has 1 fully saturated rings. The summed E-state index contributed by atoms with van der Waals surface area (Å²) < 4.78 is 26.2. The molecule has 1 aliphatic carbocycles. The van der Waals surface area contributed by atoms with Gasteiger partial charge in [0.25, 0.3) is 0 Å². The summed E-state index contributed by atoms with van der Waals surface area (Å²) in [4.78, 5) is 0. The number of halogens is 2. The average Bonchev–Trinajstić information content (AvgIpc) is 2.40. The van der Waals surface area contributed by atoms with Crippen LogP contribution in [0.5, 0.6) is 0 Å². The van der Waals surface area contributed by atoms with Crippen LogP contribution in [0, 0.1) is 23.0 Å². The zero-order valence-corrected chi connectivity index (χ0v) is 12.3. The Morgan fingerprint density at radius 3 is 2.45 bits per heavy atom. The Hall–Kier alpha value is -1.00. The first kappa shape index (κ1) is 15.4. The third-order valence-corrected chi connectivity index (χ3v) is 4.61. The first-order valence-electron chi connectivity index (χ1n) is 7.31. The van der Waals surface area contributed by atoms with Gasteiger partial charge < -0.3 is 0 Å². The van der Waals surface area contributed by atoms with E-state index in [2.05, 4.69) is 19.3 Å². The Kier molecular flexibility index (Phi) is 4.76. The summed E-state index contributed by atoms with van der Waals surface area (Å²) in [6, 6.07) is 4.21. The molecule has 20 heavy (non-hydrogen) atoms. The van der Waals surface area contributed by atoms with E-state index in [1.54, 1.807) is 6.07 Å². The lowest BCUT2D eigenvalue weighted by atomic mass is 9.70. The van der Waals surface area contributed by atoms with E-state index in [1.165, 1.54) is 25.0 Å².